The van der Waals surface area contributed by atoms with Gasteiger partial charge in [0.25, 0.3) is 0 Å². The van der Waals surface area contributed by atoms with Gasteiger partial charge >= 0.3 is 18.2 Å². The molecular formula is C12H6F3N3O3. The second kappa shape index (κ2) is 4.33. The first-order valence-electron chi connectivity index (χ1n) is 5.62. The summed E-state index contributed by atoms with van der Waals surface area (Å²) < 4.78 is 43.5. The minimum atomic E-state index is -4.56. The van der Waals surface area contributed by atoms with Crippen LogP contribution in [0.15, 0.2) is 34.9 Å². The van der Waals surface area contributed by atoms with E-state index in [9.17, 15) is 18.0 Å². The number of aromatic nitrogens is 3. The molecule has 2 heterocycles. The lowest BCUT2D eigenvalue weighted by molar-refractivity contribution is -0.141. The van der Waals surface area contributed by atoms with Crippen molar-refractivity contribution in [3.8, 4) is 6.01 Å². The predicted octanol–water partition coefficient (Wildman–Crippen LogP) is 2.73. The van der Waals surface area contributed by atoms with Gasteiger partial charge in [-0.15, -0.1) is 0 Å². The molecule has 108 valence electrons. The van der Waals surface area contributed by atoms with Gasteiger partial charge in [0.1, 0.15) is 5.52 Å². The monoisotopic (exact) mass is 297 g/mol. The van der Waals surface area contributed by atoms with Gasteiger partial charge in [-0.25, -0.2) is 4.79 Å². The Labute approximate surface area is 114 Å². The Kier molecular flexibility index (Phi) is 2.71. The van der Waals surface area contributed by atoms with Crippen LogP contribution in [0.2, 0.25) is 0 Å². The topological polar surface area (TPSA) is 81.1 Å². The van der Waals surface area contributed by atoms with Gasteiger partial charge in [0.2, 0.25) is 0 Å². The third-order valence-electron chi connectivity index (χ3n) is 2.70. The summed E-state index contributed by atoms with van der Waals surface area (Å²) in [5, 5.41) is 12.2. The molecule has 9 heteroatoms. The number of oxazole rings is 1. The number of nitrogens with zero attached hydrogens (tertiary/aromatic N) is 3. The molecule has 0 aliphatic heterocycles. The Balaban J connectivity index is 2.05. The van der Waals surface area contributed by atoms with Gasteiger partial charge in [-0.2, -0.15) is 27.9 Å². The molecule has 2 aromatic heterocycles. The first kappa shape index (κ1) is 13.2. The Bertz CT molecular complexity index is 835. The van der Waals surface area contributed by atoms with Gasteiger partial charge in [-0.05, 0) is 24.3 Å². The number of carboxylic acids is 1. The first-order valence-corrected chi connectivity index (χ1v) is 5.62. The van der Waals surface area contributed by atoms with Gasteiger partial charge in [-0.1, -0.05) is 0 Å². The molecule has 0 atom stereocenters. The summed E-state index contributed by atoms with van der Waals surface area (Å²) in [5.74, 6) is -1.15. The van der Waals surface area contributed by atoms with Crippen LogP contribution in [0.4, 0.5) is 13.2 Å². The van der Waals surface area contributed by atoms with Crippen molar-refractivity contribution in [3.05, 3.63) is 41.7 Å². The van der Waals surface area contributed by atoms with E-state index in [1.807, 2.05) is 0 Å². The number of aromatic carboxylic acids is 1. The maximum Gasteiger partial charge on any atom is 0.435 e. The average molecular weight is 297 g/mol. The summed E-state index contributed by atoms with van der Waals surface area (Å²) >= 11 is 0. The van der Waals surface area contributed by atoms with Crippen LogP contribution in [0.3, 0.4) is 0 Å². The number of fused-ring (bicyclic) bond motifs is 1. The molecule has 1 N–H and O–H groups in total. The number of hydrogen-bond acceptors (Lipinski definition) is 4. The highest BCUT2D eigenvalue weighted by atomic mass is 19.4. The third-order valence-corrected chi connectivity index (χ3v) is 2.70. The number of carboxylic acid groups (broad SMARTS) is 1. The second-order valence-corrected chi connectivity index (χ2v) is 4.13. The van der Waals surface area contributed by atoms with Gasteiger partial charge in [0, 0.05) is 6.20 Å². The fraction of sp³-hybridized carbons (Fsp3) is 0.0833. The molecule has 0 aliphatic rings. The zero-order valence-electron chi connectivity index (χ0n) is 10.1. The lowest BCUT2D eigenvalue weighted by atomic mass is 10.2. The van der Waals surface area contributed by atoms with Gasteiger partial charge in [0.05, 0.1) is 5.56 Å². The van der Waals surface area contributed by atoms with Crippen molar-refractivity contribution in [3.63, 3.8) is 0 Å². The molecule has 0 aliphatic carbocycles. The Morgan fingerprint density at radius 2 is 2.05 bits per heavy atom. The van der Waals surface area contributed by atoms with Crippen molar-refractivity contribution >= 4 is 17.1 Å². The summed E-state index contributed by atoms with van der Waals surface area (Å²) in [6.07, 6.45) is -3.50. The lowest BCUT2D eigenvalue weighted by Crippen LogP contribution is -2.07. The number of halogens is 3. The summed E-state index contributed by atoms with van der Waals surface area (Å²) in [4.78, 5) is 14.8. The van der Waals surface area contributed by atoms with Crippen molar-refractivity contribution in [1.82, 2.24) is 14.8 Å². The van der Waals surface area contributed by atoms with E-state index in [0.717, 1.165) is 16.9 Å². The minimum Gasteiger partial charge on any atom is -0.478 e. The highest BCUT2D eigenvalue weighted by Gasteiger charge is 2.34. The Morgan fingerprint density at radius 1 is 1.29 bits per heavy atom. The molecule has 21 heavy (non-hydrogen) atoms. The van der Waals surface area contributed by atoms with Crippen molar-refractivity contribution in [1.29, 1.82) is 0 Å². The third kappa shape index (κ3) is 2.33. The number of alkyl halides is 3. The molecule has 0 radical (unpaired) electrons. The Morgan fingerprint density at radius 3 is 2.67 bits per heavy atom. The molecule has 0 spiro atoms. The highest BCUT2D eigenvalue weighted by molar-refractivity contribution is 5.91. The molecule has 6 nitrogen and oxygen atoms in total. The zero-order valence-corrected chi connectivity index (χ0v) is 10.1. The summed E-state index contributed by atoms with van der Waals surface area (Å²) in [6.45, 7) is 0. The zero-order chi connectivity index (χ0) is 15.2. The van der Waals surface area contributed by atoms with E-state index >= 15 is 0 Å². The molecule has 0 saturated carbocycles. The van der Waals surface area contributed by atoms with Crippen molar-refractivity contribution in [2.75, 3.05) is 0 Å². The minimum absolute atomic E-state index is 0.0124. The Hall–Kier alpha value is -2.84. The lowest BCUT2D eigenvalue weighted by Gasteiger charge is -1.99. The van der Waals surface area contributed by atoms with E-state index < -0.39 is 17.8 Å². The van der Waals surface area contributed by atoms with Crippen LogP contribution in [0, 0.1) is 0 Å². The highest BCUT2D eigenvalue weighted by Crippen LogP contribution is 2.28. The smallest absolute Gasteiger partial charge is 0.435 e. The molecule has 0 bridgehead atoms. The molecule has 3 rings (SSSR count). The maximum absolute atomic E-state index is 12.5. The number of benzene rings is 1. The molecule has 0 unspecified atom stereocenters. The second-order valence-electron chi connectivity index (χ2n) is 4.13. The SMILES string of the molecule is O=C(O)c1ccc2nc(-n3ccc(C(F)(F)F)n3)oc2c1. The number of hydrogen-bond donors (Lipinski definition) is 1. The van der Waals surface area contributed by atoms with Gasteiger partial charge in [0.15, 0.2) is 11.3 Å². The number of carbonyl (C=O) groups is 1. The largest absolute Gasteiger partial charge is 0.478 e. The van der Waals surface area contributed by atoms with E-state index in [-0.39, 0.29) is 17.2 Å². The summed E-state index contributed by atoms with van der Waals surface area (Å²) in [7, 11) is 0. The molecule has 0 fully saturated rings. The van der Waals surface area contributed by atoms with Gasteiger partial charge < -0.3 is 9.52 Å². The normalized spacial score (nSPS) is 12.0. The first-order chi connectivity index (χ1) is 9.84. The number of rotatable bonds is 2. The van der Waals surface area contributed by atoms with E-state index in [0.29, 0.717) is 5.52 Å². The maximum atomic E-state index is 12.5. The molecule has 0 saturated heterocycles. The fourth-order valence-electron chi connectivity index (χ4n) is 1.73. The molecule has 3 aromatic rings. The van der Waals surface area contributed by atoms with Crippen molar-refractivity contribution in [2.24, 2.45) is 0 Å². The van der Waals surface area contributed by atoms with Crippen LogP contribution >= 0.6 is 0 Å². The predicted molar refractivity (Wildman–Crippen MR) is 63.1 cm³/mol. The van der Waals surface area contributed by atoms with E-state index in [1.165, 1.54) is 18.2 Å². The van der Waals surface area contributed by atoms with Crippen LogP contribution < -0.4 is 0 Å². The van der Waals surface area contributed by atoms with Crippen LogP contribution in [0.25, 0.3) is 17.1 Å². The van der Waals surface area contributed by atoms with Crippen molar-refractivity contribution in [2.45, 2.75) is 6.18 Å². The standard InChI is InChI=1S/C12H6F3N3O3/c13-12(14,15)9-3-4-18(17-9)11-16-7-2-1-6(10(19)20)5-8(7)21-11/h1-5H,(H,19,20). The average Bonchev–Trinajstić information content (AvgIpc) is 3.03. The van der Waals surface area contributed by atoms with Crippen LogP contribution in [-0.2, 0) is 6.18 Å². The van der Waals surface area contributed by atoms with Gasteiger partial charge in [-0.3, -0.25) is 0 Å². The van der Waals surface area contributed by atoms with Crippen molar-refractivity contribution < 1.29 is 27.5 Å². The van der Waals surface area contributed by atoms with E-state index in [1.54, 1.807) is 0 Å². The van der Waals surface area contributed by atoms with Crippen LogP contribution in [-0.4, -0.2) is 25.8 Å². The molecule has 0 amide bonds. The summed E-state index contributed by atoms with van der Waals surface area (Å²) in [6, 6.07) is 4.57. The van der Waals surface area contributed by atoms with E-state index in [4.69, 9.17) is 9.52 Å². The molecule has 1 aromatic carbocycles. The van der Waals surface area contributed by atoms with Crippen LogP contribution in [0.5, 0.6) is 0 Å². The quantitative estimate of drug-likeness (QED) is 0.786. The van der Waals surface area contributed by atoms with E-state index in [2.05, 4.69) is 10.1 Å². The molecular weight excluding hydrogens is 291 g/mol. The fourth-order valence-corrected chi connectivity index (χ4v) is 1.73. The summed E-state index contributed by atoms with van der Waals surface area (Å²) in [5.41, 5.74) is -0.620. The van der Waals surface area contributed by atoms with Crippen LogP contribution in [0.1, 0.15) is 16.1 Å².